The van der Waals surface area contributed by atoms with Crippen molar-refractivity contribution in [1.29, 1.82) is 0 Å². The third kappa shape index (κ3) is 3.01. The molecule has 1 atom stereocenters. The maximum absolute atomic E-state index is 5.55. The van der Waals surface area contributed by atoms with Gasteiger partial charge in [0.1, 0.15) is 5.76 Å². The smallest absolute Gasteiger partial charge is 0.203 e. The van der Waals surface area contributed by atoms with Gasteiger partial charge in [0.2, 0.25) is 5.75 Å². The van der Waals surface area contributed by atoms with Gasteiger partial charge >= 0.3 is 0 Å². The van der Waals surface area contributed by atoms with Gasteiger partial charge in [0, 0.05) is 30.1 Å². The summed E-state index contributed by atoms with van der Waals surface area (Å²) < 4.78 is 21.9. The largest absolute Gasteiger partial charge is 0.493 e. The number of methoxy groups -OCH3 is 3. The average Bonchev–Trinajstić information content (AvgIpc) is 3.08. The lowest BCUT2D eigenvalue weighted by Gasteiger charge is -2.24. The Morgan fingerprint density at radius 2 is 1.91 bits per heavy atom. The van der Waals surface area contributed by atoms with E-state index in [-0.39, 0.29) is 0 Å². The van der Waals surface area contributed by atoms with E-state index >= 15 is 0 Å². The van der Waals surface area contributed by atoms with Crippen LogP contribution in [0.2, 0.25) is 0 Å². The van der Waals surface area contributed by atoms with Crippen molar-refractivity contribution >= 4 is 0 Å². The normalized spacial score (nSPS) is 16.7. The lowest BCUT2D eigenvalue weighted by Crippen LogP contribution is -2.24. The second kappa shape index (κ2) is 6.96. The van der Waals surface area contributed by atoms with Crippen molar-refractivity contribution in [3.05, 3.63) is 41.3 Å². The summed E-state index contributed by atoms with van der Waals surface area (Å²) in [7, 11) is 4.89. The summed E-state index contributed by atoms with van der Waals surface area (Å²) in [5.41, 5.74) is 2.32. The second-order valence-corrected chi connectivity index (χ2v) is 5.62. The molecular weight excluding hydrogens is 294 g/mol. The Morgan fingerprint density at radius 3 is 2.65 bits per heavy atom. The predicted octanol–water partition coefficient (Wildman–Crippen LogP) is 3.47. The zero-order chi connectivity index (χ0) is 16.2. The number of rotatable bonds is 6. The van der Waals surface area contributed by atoms with Crippen LogP contribution in [0.1, 0.15) is 35.8 Å². The van der Waals surface area contributed by atoms with Crippen LogP contribution in [0, 0.1) is 0 Å². The third-order valence-corrected chi connectivity index (χ3v) is 4.38. The number of aryl methyl sites for hydroxylation is 1. The predicted molar refractivity (Wildman–Crippen MR) is 87.3 cm³/mol. The number of nitrogens with one attached hydrogen (secondary N) is 1. The van der Waals surface area contributed by atoms with Crippen molar-refractivity contribution < 1.29 is 18.6 Å². The first-order valence-electron chi connectivity index (χ1n) is 7.86. The summed E-state index contributed by atoms with van der Waals surface area (Å²) in [5, 5.41) is 3.61. The second-order valence-electron chi connectivity index (χ2n) is 5.62. The maximum atomic E-state index is 5.55. The highest BCUT2D eigenvalue weighted by Crippen LogP contribution is 2.40. The Morgan fingerprint density at radius 1 is 1.09 bits per heavy atom. The van der Waals surface area contributed by atoms with E-state index in [4.69, 9.17) is 18.6 Å². The number of hydrogen-bond donors (Lipinski definition) is 1. The van der Waals surface area contributed by atoms with E-state index in [1.165, 1.54) is 5.56 Å². The Labute approximate surface area is 136 Å². The molecule has 0 amide bonds. The van der Waals surface area contributed by atoms with Gasteiger partial charge in [0.05, 0.1) is 27.6 Å². The van der Waals surface area contributed by atoms with Crippen LogP contribution in [0.4, 0.5) is 0 Å². The summed E-state index contributed by atoms with van der Waals surface area (Å²) in [5.74, 6) is 3.11. The lowest BCUT2D eigenvalue weighted by atomic mass is 9.93. The molecule has 0 saturated carbocycles. The molecule has 0 saturated heterocycles. The molecule has 1 aliphatic carbocycles. The van der Waals surface area contributed by atoms with E-state index in [9.17, 15) is 0 Å². The maximum Gasteiger partial charge on any atom is 0.203 e. The first-order valence-corrected chi connectivity index (χ1v) is 7.86. The van der Waals surface area contributed by atoms with Crippen LogP contribution in [0.25, 0.3) is 0 Å². The van der Waals surface area contributed by atoms with Crippen molar-refractivity contribution in [2.75, 3.05) is 21.3 Å². The minimum absolute atomic E-state index is 0.315. The zero-order valence-electron chi connectivity index (χ0n) is 13.8. The van der Waals surface area contributed by atoms with E-state index in [0.29, 0.717) is 29.8 Å². The van der Waals surface area contributed by atoms with E-state index in [1.807, 2.05) is 12.1 Å². The van der Waals surface area contributed by atoms with Crippen LogP contribution in [0.3, 0.4) is 0 Å². The Kier molecular flexibility index (Phi) is 4.76. The lowest BCUT2D eigenvalue weighted by molar-refractivity contribution is 0.320. The highest BCUT2D eigenvalue weighted by Gasteiger charge is 2.23. The molecule has 0 radical (unpaired) electrons. The SMILES string of the molecule is COc1ccc(CNC2CCCc3occc32)c(OC)c1OC. The monoisotopic (exact) mass is 317 g/mol. The van der Waals surface area contributed by atoms with Crippen LogP contribution in [0.5, 0.6) is 17.2 Å². The van der Waals surface area contributed by atoms with Gasteiger partial charge in [-0.05, 0) is 25.0 Å². The molecule has 1 aromatic carbocycles. The minimum Gasteiger partial charge on any atom is -0.493 e. The third-order valence-electron chi connectivity index (χ3n) is 4.38. The van der Waals surface area contributed by atoms with Gasteiger partial charge in [-0.2, -0.15) is 0 Å². The fourth-order valence-corrected chi connectivity index (χ4v) is 3.23. The Balaban J connectivity index is 1.79. The first kappa shape index (κ1) is 15.7. The highest BCUT2D eigenvalue weighted by atomic mass is 16.5. The van der Waals surface area contributed by atoms with E-state index in [2.05, 4.69) is 11.4 Å². The molecule has 1 aliphatic rings. The van der Waals surface area contributed by atoms with Crippen LogP contribution < -0.4 is 19.5 Å². The van der Waals surface area contributed by atoms with Crippen LogP contribution in [0.15, 0.2) is 28.9 Å². The number of hydrogen-bond acceptors (Lipinski definition) is 5. The first-order chi connectivity index (χ1) is 11.3. The highest BCUT2D eigenvalue weighted by molar-refractivity contribution is 5.55. The summed E-state index contributed by atoms with van der Waals surface area (Å²) in [6, 6.07) is 6.29. The number of fused-ring (bicyclic) bond motifs is 1. The van der Waals surface area contributed by atoms with Crippen LogP contribution in [-0.4, -0.2) is 21.3 Å². The summed E-state index contributed by atoms with van der Waals surface area (Å²) in [4.78, 5) is 0. The fourth-order valence-electron chi connectivity index (χ4n) is 3.23. The molecule has 124 valence electrons. The molecule has 1 unspecified atom stereocenters. The van der Waals surface area contributed by atoms with Crippen LogP contribution in [-0.2, 0) is 13.0 Å². The standard InChI is InChI=1S/C18H23NO4/c1-20-16-8-7-12(17(21-2)18(16)22-3)11-19-14-5-4-6-15-13(14)9-10-23-15/h7-10,14,19H,4-6,11H2,1-3H3. The van der Waals surface area contributed by atoms with Crippen LogP contribution >= 0.6 is 0 Å². The number of ether oxygens (including phenoxy) is 3. The van der Waals surface area contributed by atoms with Crippen molar-refractivity contribution in [3.63, 3.8) is 0 Å². The Hall–Kier alpha value is -2.14. The van der Waals surface area contributed by atoms with Crippen molar-refractivity contribution in [2.45, 2.75) is 31.8 Å². The number of benzene rings is 1. The Bertz CT molecular complexity index is 665. The van der Waals surface area contributed by atoms with Gasteiger partial charge in [-0.15, -0.1) is 0 Å². The molecular formula is C18H23NO4. The minimum atomic E-state index is 0.315. The molecule has 0 spiro atoms. The molecule has 5 nitrogen and oxygen atoms in total. The van der Waals surface area contributed by atoms with Gasteiger partial charge in [-0.1, -0.05) is 6.07 Å². The molecule has 1 aromatic heterocycles. The summed E-state index contributed by atoms with van der Waals surface area (Å²) in [6.45, 7) is 0.693. The molecule has 0 aliphatic heterocycles. The van der Waals surface area contributed by atoms with E-state index < -0.39 is 0 Å². The molecule has 0 fully saturated rings. The summed E-state index contributed by atoms with van der Waals surface area (Å²) in [6.07, 6.45) is 5.06. The van der Waals surface area contributed by atoms with Gasteiger partial charge in [0.15, 0.2) is 11.5 Å². The topological polar surface area (TPSA) is 52.9 Å². The van der Waals surface area contributed by atoms with Crippen molar-refractivity contribution in [1.82, 2.24) is 5.32 Å². The molecule has 1 heterocycles. The fraction of sp³-hybridized carbons (Fsp3) is 0.444. The zero-order valence-corrected chi connectivity index (χ0v) is 13.8. The summed E-state index contributed by atoms with van der Waals surface area (Å²) >= 11 is 0. The van der Waals surface area contributed by atoms with E-state index in [0.717, 1.165) is 30.6 Å². The molecule has 1 N–H and O–H groups in total. The molecule has 3 rings (SSSR count). The quantitative estimate of drug-likeness (QED) is 0.884. The average molecular weight is 317 g/mol. The van der Waals surface area contributed by atoms with Crippen molar-refractivity contribution in [2.24, 2.45) is 0 Å². The van der Waals surface area contributed by atoms with Crippen molar-refractivity contribution in [3.8, 4) is 17.2 Å². The number of furan rings is 1. The van der Waals surface area contributed by atoms with Gasteiger partial charge in [-0.25, -0.2) is 0 Å². The van der Waals surface area contributed by atoms with E-state index in [1.54, 1.807) is 27.6 Å². The van der Waals surface area contributed by atoms with Gasteiger partial charge < -0.3 is 23.9 Å². The van der Waals surface area contributed by atoms with Gasteiger partial charge in [0.25, 0.3) is 0 Å². The molecule has 2 aromatic rings. The molecule has 5 heteroatoms. The molecule has 23 heavy (non-hydrogen) atoms. The van der Waals surface area contributed by atoms with Gasteiger partial charge in [-0.3, -0.25) is 0 Å². The molecule has 0 bridgehead atoms.